The molecule has 17 heavy (non-hydrogen) atoms. The van der Waals surface area contributed by atoms with Gasteiger partial charge in [-0.2, -0.15) is 0 Å². The third-order valence-corrected chi connectivity index (χ3v) is 3.28. The predicted octanol–water partition coefficient (Wildman–Crippen LogP) is 1.48. The summed E-state index contributed by atoms with van der Waals surface area (Å²) in [7, 11) is 1.74. The fraction of sp³-hybridized carbons (Fsp3) is 0.538. The van der Waals surface area contributed by atoms with Crippen LogP contribution >= 0.6 is 12.4 Å². The first-order chi connectivity index (χ1) is 7.81. The van der Waals surface area contributed by atoms with E-state index in [0.29, 0.717) is 5.92 Å². The molecular formula is C13H21ClN2O. The van der Waals surface area contributed by atoms with Crippen LogP contribution in [0.25, 0.3) is 0 Å². The fourth-order valence-corrected chi connectivity index (χ4v) is 2.37. The van der Waals surface area contributed by atoms with E-state index in [-0.39, 0.29) is 18.4 Å². The number of ether oxygens (including phenoxy) is 1. The zero-order valence-electron chi connectivity index (χ0n) is 10.2. The number of halogens is 1. The first-order valence-electron chi connectivity index (χ1n) is 5.83. The second-order valence-electron chi connectivity index (χ2n) is 4.43. The van der Waals surface area contributed by atoms with Crippen molar-refractivity contribution in [2.75, 3.05) is 33.4 Å². The Bertz CT molecular complexity index is 320. The molecule has 0 saturated carbocycles. The number of nitrogens with zero attached hydrogens (tertiary/aromatic N) is 1. The Morgan fingerprint density at radius 3 is 2.65 bits per heavy atom. The number of benzene rings is 1. The van der Waals surface area contributed by atoms with Gasteiger partial charge in [0.2, 0.25) is 0 Å². The summed E-state index contributed by atoms with van der Waals surface area (Å²) in [5, 5.41) is 0. The Morgan fingerprint density at radius 1 is 1.29 bits per heavy atom. The maximum absolute atomic E-state index is 6.19. The topological polar surface area (TPSA) is 38.5 Å². The van der Waals surface area contributed by atoms with Gasteiger partial charge in [0.05, 0.1) is 6.61 Å². The van der Waals surface area contributed by atoms with Crippen molar-refractivity contribution in [2.45, 2.75) is 12.0 Å². The van der Waals surface area contributed by atoms with Gasteiger partial charge in [-0.3, -0.25) is 4.90 Å². The van der Waals surface area contributed by atoms with Gasteiger partial charge in [0.15, 0.2) is 0 Å². The molecule has 1 fully saturated rings. The molecule has 0 radical (unpaired) electrons. The van der Waals surface area contributed by atoms with E-state index in [1.54, 1.807) is 7.11 Å². The monoisotopic (exact) mass is 256 g/mol. The van der Waals surface area contributed by atoms with E-state index in [0.717, 1.165) is 26.2 Å². The molecule has 2 atom stereocenters. The number of rotatable bonds is 4. The van der Waals surface area contributed by atoms with Crippen LogP contribution in [-0.2, 0) is 4.74 Å². The predicted molar refractivity (Wildman–Crippen MR) is 72.7 cm³/mol. The molecule has 96 valence electrons. The number of hydrogen-bond acceptors (Lipinski definition) is 3. The van der Waals surface area contributed by atoms with E-state index in [9.17, 15) is 0 Å². The first-order valence-corrected chi connectivity index (χ1v) is 5.83. The van der Waals surface area contributed by atoms with Gasteiger partial charge in [0, 0.05) is 38.7 Å². The van der Waals surface area contributed by atoms with Crippen molar-refractivity contribution in [3.63, 3.8) is 0 Å². The average Bonchev–Trinajstić information content (AvgIpc) is 2.69. The van der Waals surface area contributed by atoms with Gasteiger partial charge in [0.25, 0.3) is 0 Å². The number of likely N-dealkylation sites (tertiary alicyclic amines) is 1. The van der Waals surface area contributed by atoms with Crippen LogP contribution in [-0.4, -0.2) is 44.3 Å². The lowest BCUT2D eigenvalue weighted by Crippen LogP contribution is -2.30. The molecule has 4 heteroatoms. The van der Waals surface area contributed by atoms with Gasteiger partial charge in [-0.25, -0.2) is 0 Å². The Kier molecular flexibility index (Phi) is 5.92. The van der Waals surface area contributed by atoms with E-state index in [4.69, 9.17) is 10.5 Å². The summed E-state index contributed by atoms with van der Waals surface area (Å²) >= 11 is 0. The molecule has 0 spiro atoms. The molecule has 1 aromatic carbocycles. The van der Waals surface area contributed by atoms with Crippen molar-refractivity contribution in [3.8, 4) is 0 Å². The molecule has 0 bridgehead atoms. The van der Waals surface area contributed by atoms with Gasteiger partial charge in [-0.05, 0) is 5.56 Å². The van der Waals surface area contributed by atoms with Crippen LogP contribution in [0.2, 0.25) is 0 Å². The number of hydrogen-bond donors (Lipinski definition) is 1. The molecule has 1 aromatic rings. The summed E-state index contributed by atoms with van der Waals surface area (Å²) in [6.07, 6.45) is 0. The highest BCUT2D eigenvalue weighted by Crippen LogP contribution is 2.25. The van der Waals surface area contributed by atoms with Crippen molar-refractivity contribution in [1.29, 1.82) is 0 Å². The van der Waals surface area contributed by atoms with Crippen LogP contribution in [0.4, 0.5) is 0 Å². The second kappa shape index (κ2) is 6.97. The van der Waals surface area contributed by atoms with Crippen LogP contribution in [0.3, 0.4) is 0 Å². The van der Waals surface area contributed by atoms with Crippen LogP contribution in [0.1, 0.15) is 11.5 Å². The Labute approximate surface area is 109 Å². The molecule has 1 heterocycles. The highest BCUT2D eigenvalue weighted by atomic mass is 35.5. The van der Waals surface area contributed by atoms with Gasteiger partial charge in [-0.15, -0.1) is 12.4 Å². The summed E-state index contributed by atoms with van der Waals surface area (Å²) in [4.78, 5) is 2.38. The zero-order chi connectivity index (χ0) is 11.4. The zero-order valence-corrected chi connectivity index (χ0v) is 11.0. The fourth-order valence-electron chi connectivity index (χ4n) is 2.37. The molecule has 0 amide bonds. The lowest BCUT2D eigenvalue weighted by Gasteiger charge is -2.15. The lowest BCUT2D eigenvalue weighted by molar-refractivity contribution is 0.160. The van der Waals surface area contributed by atoms with Crippen molar-refractivity contribution in [2.24, 2.45) is 5.73 Å². The van der Waals surface area contributed by atoms with Crippen molar-refractivity contribution in [1.82, 2.24) is 4.90 Å². The summed E-state index contributed by atoms with van der Waals surface area (Å²) < 4.78 is 5.10. The molecule has 1 aliphatic heterocycles. The Hall–Kier alpha value is -0.610. The summed E-state index contributed by atoms with van der Waals surface area (Å²) in [5.41, 5.74) is 7.55. The third kappa shape index (κ3) is 3.68. The van der Waals surface area contributed by atoms with Crippen molar-refractivity contribution >= 4 is 12.4 Å². The van der Waals surface area contributed by atoms with Crippen LogP contribution in [0.15, 0.2) is 30.3 Å². The maximum atomic E-state index is 6.19. The van der Waals surface area contributed by atoms with Gasteiger partial charge in [-0.1, -0.05) is 30.3 Å². The van der Waals surface area contributed by atoms with Gasteiger partial charge < -0.3 is 10.5 Å². The highest BCUT2D eigenvalue weighted by molar-refractivity contribution is 5.85. The molecule has 0 aliphatic carbocycles. The SMILES string of the molecule is COCCN1C[C@H](c2ccccc2)[C@@H](N)C1.Cl. The van der Waals surface area contributed by atoms with E-state index < -0.39 is 0 Å². The first kappa shape index (κ1) is 14.5. The van der Waals surface area contributed by atoms with Crippen LogP contribution in [0, 0.1) is 0 Å². The molecule has 3 nitrogen and oxygen atoms in total. The Morgan fingerprint density at radius 2 is 2.00 bits per heavy atom. The normalized spacial score (nSPS) is 24.6. The smallest absolute Gasteiger partial charge is 0.0589 e. The van der Waals surface area contributed by atoms with E-state index >= 15 is 0 Å². The molecule has 2 rings (SSSR count). The third-order valence-electron chi connectivity index (χ3n) is 3.28. The van der Waals surface area contributed by atoms with Crippen molar-refractivity contribution < 1.29 is 4.74 Å². The highest BCUT2D eigenvalue weighted by Gasteiger charge is 2.30. The minimum atomic E-state index is 0. The second-order valence-corrected chi connectivity index (χ2v) is 4.43. The van der Waals surface area contributed by atoms with Crippen LogP contribution in [0.5, 0.6) is 0 Å². The lowest BCUT2D eigenvalue weighted by atomic mass is 9.95. The van der Waals surface area contributed by atoms with Crippen molar-refractivity contribution in [3.05, 3.63) is 35.9 Å². The molecule has 1 saturated heterocycles. The van der Waals surface area contributed by atoms with E-state index in [1.807, 2.05) is 6.07 Å². The van der Waals surface area contributed by atoms with Crippen LogP contribution < -0.4 is 5.73 Å². The van der Waals surface area contributed by atoms with Gasteiger partial charge in [0.1, 0.15) is 0 Å². The van der Waals surface area contributed by atoms with E-state index in [1.165, 1.54) is 5.56 Å². The molecule has 1 aliphatic rings. The summed E-state index contributed by atoms with van der Waals surface area (Å²) in [5.74, 6) is 0.470. The maximum Gasteiger partial charge on any atom is 0.0589 e. The number of nitrogens with two attached hydrogens (primary N) is 1. The molecule has 0 unspecified atom stereocenters. The quantitative estimate of drug-likeness (QED) is 0.887. The van der Waals surface area contributed by atoms with Gasteiger partial charge >= 0.3 is 0 Å². The Balaban J connectivity index is 0.00000144. The minimum Gasteiger partial charge on any atom is -0.383 e. The summed E-state index contributed by atoms with van der Waals surface area (Å²) in [6.45, 7) is 3.79. The standard InChI is InChI=1S/C13H20N2O.ClH/c1-16-8-7-15-9-12(13(14)10-15)11-5-3-2-4-6-11;/h2-6,12-13H,7-10,14H2,1H3;1H/t12-,13+;/m1./s1. The summed E-state index contributed by atoms with van der Waals surface area (Å²) in [6, 6.07) is 10.8. The minimum absolute atomic E-state index is 0. The number of methoxy groups -OCH3 is 1. The largest absolute Gasteiger partial charge is 0.383 e. The average molecular weight is 257 g/mol. The molecule has 0 aromatic heterocycles. The molecular weight excluding hydrogens is 236 g/mol. The molecule has 2 N–H and O–H groups in total. The van der Waals surface area contributed by atoms with E-state index in [2.05, 4.69) is 29.2 Å².